The Balaban J connectivity index is 1.81. The number of carbonyl (C=O) groups excluding carboxylic acids is 1. The first-order valence-corrected chi connectivity index (χ1v) is 9.63. The van der Waals surface area contributed by atoms with E-state index in [1.807, 2.05) is 13.8 Å². The van der Waals surface area contributed by atoms with Crippen LogP contribution in [0.15, 0.2) is 58.1 Å². The molecule has 1 heterocycles. The average Bonchev–Trinajstić information content (AvgIpc) is 2.92. The highest BCUT2D eigenvalue weighted by Crippen LogP contribution is 2.29. The molecule has 0 aliphatic carbocycles. The van der Waals surface area contributed by atoms with E-state index in [0.717, 1.165) is 27.1 Å². The predicted octanol–water partition coefficient (Wildman–Crippen LogP) is 4.94. The van der Waals surface area contributed by atoms with Gasteiger partial charge in [-0.1, -0.05) is 17.7 Å². The van der Waals surface area contributed by atoms with Crippen molar-refractivity contribution in [3.63, 3.8) is 0 Å². The van der Waals surface area contributed by atoms with Crippen LogP contribution in [-0.2, 0) is 0 Å². The minimum atomic E-state index is -0.276. The van der Waals surface area contributed by atoms with Crippen LogP contribution >= 0.6 is 15.9 Å². The lowest BCUT2D eigenvalue weighted by Crippen LogP contribution is -2.17. The van der Waals surface area contributed by atoms with Gasteiger partial charge in [0.05, 0.1) is 13.3 Å². The number of halogens is 1. The molecule has 1 N–H and O–H groups in total. The summed E-state index contributed by atoms with van der Waals surface area (Å²) in [5, 5.41) is 4.15. The van der Waals surface area contributed by atoms with Crippen molar-refractivity contribution in [2.75, 3.05) is 7.11 Å². The van der Waals surface area contributed by atoms with Gasteiger partial charge in [-0.05, 0) is 73.1 Å². The number of amides is 1. The first kappa shape index (κ1) is 19.9. The second-order valence-corrected chi connectivity index (χ2v) is 7.29. The van der Waals surface area contributed by atoms with Gasteiger partial charge >= 0.3 is 0 Å². The third-order valence-corrected chi connectivity index (χ3v) is 5.62. The van der Waals surface area contributed by atoms with Crippen LogP contribution in [0.25, 0.3) is 5.69 Å². The summed E-state index contributed by atoms with van der Waals surface area (Å²) in [5.41, 5.74) is 8.43. The van der Waals surface area contributed by atoms with E-state index in [2.05, 4.69) is 62.2 Å². The molecule has 6 heteroatoms. The quantitative estimate of drug-likeness (QED) is 0.452. The lowest BCUT2D eigenvalue weighted by Gasteiger charge is -2.09. The Hall–Kier alpha value is -2.86. The molecule has 0 fully saturated rings. The SMILES string of the molecule is COc1ccc(C(=O)N/N=C\c2c(Br)c(C)n(-c3ccc(C)cc3)c2C)cc1. The van der Waals surface area contributed by atoms with Crippen molar-refractivity contribution in [3.05, 3.63) is 81.1 Å². The minimum Gasteiger partial charge on any atom is -0.497 e. The molecule has 2 aromatic carbocycles. The molecule has 144 valence electrons. The zero-order chi connectivity index (χ0) is 20.3. The predicted molar refractivity (Wildman–Crippen MR) is 116 cm³/mol. The van der Waals surface area contributed by atoms with Crippen LogP contribution in [0.3, 0.4) is 0 Å². The number of hydrogen-bond acceptors (Lipinski definition) is 3. The van der Waals surface area contributed by atoms with E-state index in [-0.39, 0.29) is 5.91 Å². The van der Waals surface area contributed by atoms with Crippen LogP contribution in [0.5, 0.6) is 5.75 Å². The molecule has 0 aliphatic heterocycles. The van der Waals surface area contributed by atoms with Gasteiger partial charge in [0.1, 0.15) is 5.75 Å². The highest BCUT2D eigenvalue weighted by Gasteiger charge is 2.15. The summed E-state index contributed by atoms with van der Waals surface area (Å²) in [7, 11) is 1.59. The number of hydrazone groups is 1. The first-order chi connectivity index (χ1) is 13.4. The molecule has 0 atom stereocenters. The van der Waals surface area contributed by atoms with Gasteiger partial charge in [0.15, 0.2) is 0 Å². The van der Waals surface area contributed by atoms with Crippen LogP contribution in [0, 0.1) is 20.8 Å². The third-order valence-electron chi connectivity index (χ3n) is 4.62. The first-order valence-electron chi connectivity index (χ1n) is 8.84. The molecule has 0 bridgehead atoms. The Kier molecular flexibility index (Phi) is 5.99. The van der Waals surface area contributed by atoms with E-state index in [4.69, 9.17) is 4.74 Å². The lowest BCUT2D eigenvalue weighted by atomic mass is 10.2. The summed E-state index contributed by atoms with van der Waals surface area (Å²) in [6, 6.07) is 15.2. The summed E-state index contributed by atoms with van der Waals surface area (Å²) >= 11 is 3.65. The van der Waals surface area contributed by atoms with Crippen molar-refractivity contribution in [1.82, 2.24) is 9.99 Å². The summed E-state index contributed by atoms with van der Waals surface area (Å²) in [5.74, 6) is 0.426. The second-order valence-electron chi connectivity index (χ2n) is 6.50. The maximum absolute atomic E-state index is 12.2. The van der Waals surface area contributed by atoms with Gasteiger partial charge in [-0.15, -0.1) is 0 Å². The van der Waals surface area contributed by atoms with E-state index < -0.39 is 0 Å². The highest BCUT2D eigenvalue weighted by molar-refractivity contribution is 9.10. The molecule has 0 radical (unpaired) electrons. The molecule has 5 nitrogen and oxygen atoms in total. The Morgan fingerprint density at radius 3 is 2.29 bits per heavy atom. The summed E-state index contributed by atoms with van der Waals surface area (Å²) in [4.78, 5) is 12.2. The van der Waals surface area contributed by atoms with Crippen LogP contribution < -0.4 is 10.2 Å². The minimum absolute atomic E-state index is 0.276. The smallest absolute Gasteiger partial charge is 0.271 e. The molecule has 3 aromatic rings. The molecule has 3 rings (SSSR count). The maximum atomic E-state index is 12.2. The number of hydrogen-bond donors (Lipinski definition) is 1. The largest absolute Gasteiger partial charge is 0.497 e. The fourth-order valence-corrected chi connectivity index (χ4v) is 3.58. The lowest BCUT2D eigenvalue weighted by molar-refractivity contribution is 0.0955. The van der Waals surface area contributed by atoms with Gasteiger partial charge < -0.3 is 9.30 Å². The number of rotatable bonds is 5. The molecular weight excluding hydrogens is 418 g/mol. The van der Waals surface area contributed by atoms with Gasteiger partial charge in [0.2, 0.25) is 0 Å². The Morgan fingerprint density at radius 1 is 1.04 bits per heavy atom. The zero-order valence-corrected chi connectivity index (χ0v) is 17.9. The number of nitrogens with one attached hydrogen (secondary N) is 1. The van der Waals surface area contributed by atoms with E-state index in [1.54, 1.807) is 37.6 Å². The van der Waals surface area contributed by atoms with Crippen molar-refractivity contribution in [3.8, 4) is 11.4 Å². The fourth-order valence-electron chi connectivity index (χ4n) is 3.02. The number of aryl methyl sites for hydroxylation is 1. The normalized spacial score (nSPS) is 11.0. The van der Waals surface area contributed by atoms with Crippen molar-refractivity contribution >= 4 is 28.1 Å². The zero-order valence-electron chi connectivity index (χ0n) is 16.3. The van der Waals surface area contributed by atoms with Gasteiger partial charge in [0, 0.05) is 32.7 Å². The van der Waals surface area contributed by atoms with Crippen LogP contribution in [-0.4, -0.2) is 23.8 Å². The molecule has 1 aromatic heterocycles. The van der Waals surface area contributed by atoms with E-state index in [0.29, 0.717) is 11.3 Å². The van der Waals surface area contributed by atoms with Crippen LogP contribution in [0.2, 0.25) is 0 Å². The second kappa shape index (κ2) is 8.44. The monoisotopic (exact) mass is 439 g/mol. The molecule has 0 spiro atoms. The topological polar surface area (TPSA) is 55.6 Å². The van der Waals surface area contributed by atoms with Crippen LogP contribution in [0.1, 0.15) is 32.9 Å². The number of ether oxygens (including phenoxy) is 1. The van der Waals surface area contributed by atoms with Crippen molar-refractivity contribution in [1.29, 1.82) is 0 Å². The highest BCUT2D eigenvalue weighted by atomic mass is 79.9. The molecular formula is C22H22BrN3O2. The van der Waals surface area contributed by atoms with E-state index in [9.17, 15) is 4.79 Å². The Bertz CT molecular complexity index is 1020. The number of benzene rings is 2. The average molecular weight is 440 g/mol. The van der Waals surface area contributed by atoms with Gasteiger partial charge in [-0.25, -0.2) is 5.43 Å². The molecule has 0 saturated heterocycles. The van der Waals surface area contributed by atoms with Crippen molar-refractivity contribution < 1.29 is 9.53 Å². The summed E-state index contributed by atoms with van der Waals surface area (Å²) in [6.45, 7) is 6.15. The van der Waals surface area contributed by atoms with E-state index in [1.165, 1.54) is 5.56 Å². The summed E-state index contributed by atoms with van der Waals surface area (Å²) < 4.78 is 8.22. The molecule has 0 saturated carbocycles. The number of carbonyl (C=O) groups is 1. The van der Waals surface area contributed by atoms with Crippen molar-refractivity contribution in [2.45, 2.75) is 20.8 Å². The van der Waals surface area contributed by atoms with E-state index >= 15 is 0 Å². The van der Waals surface area contributed by atoms with Gasteiger partial charge in [-0.2, -0.15) is 5.10 Å². The van der Waals surface area contributed by atoms with Crippen molar-refractivity contribution in [2.24, 2.45) is 5.10 Å². The molecule has 1 amide bonds. The molecule has 0 unspecified atom stereocenters. The third kappa shape index (κ3) is 4.02. The van der Waals surface area contributed by atoms with Gasteiger partial charge in [0.25, 0.3) is 5.91 Å². The Labute approximate surface area is 173 Å². The van der Waals surface area contributed by atoms with Crippen LogP contribution in [0.4, 0.5) is 0 Å². The summed E-state index contributed by atoms with van der Waals surface area (Å²) in [6.07, 6.45) is 1.67. The molecule has 28 heavy (non-hydrogen) atoms. The van der Waals surface area contributed by atoms with Gasteiger partial charge in [-0.3, -0.25) is 4.79 Å². The molecule has 0 aliphatic rings. The Morgan fingerprint density at radius 2 is 1.68 bits per heavy atom. The standard InChI is InChI=1S/C22H22BrN3O2/c1-14-5-9-18(10-6-14)26-15(2)20(21(23)16(26)3)13-24-25-22(27)17-7-11-19(28-4)12-8-17/h5-13H,1-4H3,(H,25,27)/b24-13-. The maximum Gasteiger partial charge on any atom is 0.271 e. The number of aromatic nitrogens is 1. The number of methoxy groups -OCH3 is 1. The fraction of sp³-hybridized carbons (Fsp3) is 0.182. The number of nitrogens with zero attached hydrogens (tertiary/aromatic N) is 2.